The average Bonchev–Trinajstić information content (AvgIpc) is 2.39. The van der Waals surface area contributed by atoms with Crippen LogP contribution in [0.3, 0.4) is 0 Å². The van der Waals surface area contributed by atoms with Gasteiger partial charge >= 0.3 is 0 Å². The molecule has 0 aliphatic heterocycles. The average molecular weight is 275 g/mol. The normalized spacial score (nSPS) is 23.6. The molecule has 2 rings (SSSR count). The standard InChI is InChI=1S/C18H29NO/c1-18(2,3)16-10-5-6-11-17(16)19-15-9-7-8-14(12-15)13-20-4/h7-9,12,16-17,19H,5-6,10-11,13H2,1-4H3. The summed E-state index contributed by atoms with van der Waals surface area (Å²) in [5, 5.41) is 3.78. The molecule has 2 unspecified atom stereocenters. The monoisotopic (exact) mass is 275 g/mol. The first kappa shape index (κ1) is 15.4. The number of nitrogens with one attached hydrogen (secondary N) is 1. The molecule has 2 heteroatoms. The zero-order valence-corrected chi connectivity index (χ0v) is 13.4. The van der Waals surface area contributed by atoms with Crippen LogP contribution in [0.2, 0.25) is 0 Å². The highest BCUT2D eigenvalue weighted by Gasteiger charge is 2.33. The second-order valence-electron chi connectivity index (χ2n) is 7.14. The van der Waals surface area contributed by atoms with Crippen LogP contribution in [-0.4, -0.2) is 13.2 Å². The van der Waals surface area contributed by atoms with Crippen LogP contribution in [0.4, 0.5) is 5.69 Å². The summed E-state index contributed by atoms with van der Waals surface area (Å²) in [5.74, 6) is 0.752. The molecule has 1 aliphatic carbocycles. The van der Waals surface area contributed by atoms with E-state index in [1.54, 1.807) is 7.11 Å². The molecule has 1 N–H and O–H groups in total. The van der Waals surface area contributed by atoms with Crippen molar-refractivity contribution in [3.05, 3.63) is 29.8 Å². The Labute approximate surface area is 123 Å². The highest BCUT2D eigenvalue weighted by Crippen LogP contribution is 2.39. The van der Waals surface area contributed by atoms with E-state index >= 15 is 0 Å². The number of hydrogen-bond donors (Lipinski definition) is 1. The van der Waals surface area contributed by atoms with Crippen molar-refractivity contribution in [3.63, 3.8) is 0 Å². The Morgan fingerprint density at radius 2 is 1.95 bits per heavy atom. The largest absolute Gasteiger partial charge is 0.382 e. The molecule has 0 radical (unpaired) electrons. The van der Waals surface area contributed by atoms with Crippen LogP contribution in [0.1, 0.15) is 52.0 Å². The lowest BCUT2D eigenvalue weighted by atomic mass is 9.69. The molecule has 1 fully saturated rings. The molecule has 2 atom stereocenters. The summed E-state index contributed by atoms with van der Waals surface area (Å²) in [4.78, 5) is 0. The van der Waals surface area contributed by atoms with Gasteiger partial charge in [-0.3, -0.25) is 0 Å². The Morgan fingerprint density at radius 3 is 2.65 bits per heavy atom. The molecule has 0 spiro atoms. The van der Waals surface area contributed by atoms with E-state index in [0.29, 0.717) is 18.1 Å². The van der Waals surface area contributed by atoms with Crippen LogP contribution >= 0.6 is 0 Å². The lowest BCUT2D eigenvalue weighted by molar-refractivity contribution is 0.163. The fourth-order valence-electron chi connectivity index (χ4n) is 3.47. The zero-order chi connectivity index (χ0) is 14.6. The van der Waals surface area contributed by atoms with E-state index in [4.69, 9.17) is 4.74 Å². The molecule has 112 valence electrons. The minimum atomic E-state index is 0.377. The molecule has 0 aromatic heterocycles. The molecule has 0 saturated heterocycles. The topological polar surface area (TPSA) is 21.3 Å². The smallest absolute Gasteiger partial charge is 0.0713 e. The van der Waals surface area contributed by atoms with Gasteiger partial charge in [-0.2, -0.15) is 0 Å². The number of ether oxygens (including phenoxy) is 1. The molecule has 20 heavy (non-hydrogen) atoms. The Hall–Kier alpha value is -1.02. The minimum absolute atomic E-state index is 0.377. The van der Waals surface area contributed by atoms with Gasteiger partial charge in [0.15, 0.2) is 0 Å². The summed E-state index contributed by atoms with van der Waals surface area (Å²) in [6.45, 7) is 7.81. The van der Waals surface area contributed by atoms with Crippen molar-refractivity contribution in [2.75, 3.05) is 12.4 Å². The van der Waals surface area contributed by atoms with Gasteiger partial charge in [0.25, 0.3) is 0 Å². The molecule has 1 aromatic carbocycles. The predicted octanol–water partition coefficient (Wildman–Crippen LogP) is 4.85. The van der Waals surface area contributed by atoms with Gasteiger partial charge in [-0.05, 0) is 41.9 Å². The third-order valence-electron chi connectivity index (χ3n) is 4.47. The SMILES string of the molecule is COCc1cccc(NC2CCCCC2C(C)(C)C)c1. The zero-order valence-electron chi connectivity index (χ0n) is 13.4. The molecule has 1 aromatic rings. The Bertz CT molecular complexity index is 422. The highest BCUT2D eigenvalue weighted by molar-refractivity contribution is 5.46. The van der Waals surface area contributed by atoms with Crippen molar-refractivity contribution < 1.29 is 4.74 Å². The first-order valence-electron chi connectivity index (χ1n) is 7.85. The first-order chi connectivity index (χ1) is 9.50. The molecule has 0 heterocycles. The summed E-state index contributed by atoms with van der Waals surface area (Å²) < 4.78 is 5.22. The fourth-order valence-corrected chi connectivity index (χ4v) is 3.47. The van der Waals surface area contributed by atoms with E-state index in [2.05, 4.69) is 50.4 Å². The number of methoxy groups -OCH3 is 1. The van der Waals surface area contributed by atoms with Crippen molar-refractivity contribution in [1.82, 2.24) is 0 Å². The molecule has 0 bridgehead atoms. The maximum Gasteiger partial charge on any atom is 0.0713 e. The third-order valence-corrected chi connectivity index (χ3v) is 4.47. The van der Waals surface area contributed by atoms with Crippen LogP contribution in [0.15, 0.2) is 24.3 Å². The summed E-state index contributed by atoms with van der Waals surface area (Å²) >= 11 is 0. The van der Waals surface area contributed by atoms with Crippen molar-refractivity contribution in [2.45, 2.75) is 59.1 Å². The van der Waals surface area contributed by atoms with E-state index < -0.39 is 0 Å². The van der Waals surface area contributed by atoms with Gasteiger partial charge in [0.1, 0.15) is 0 Å². The predicted molar refractivity (Wildman–Crippen MR) is 86.0 cm³/mol. The molecule has 2 nitrogen and oxygen atoms in total. The van der Waals surface area contributed by atoms with Crippen molar-refractivity contribution in [3.8, 4) is 0 Å². The van der Waals surface area contributed by atoms with Crippen LogP contribution in [-0.2, 0) is 11.3 Å². The lowest BCUT2D eigenvalue weighted by Gasteiger charge is -2.41. The van der Waals surface area contributed by atoms with Gasteiger partial charge in [0.2, 0.25) is 0 Å². The maximum atomic E-state index is 5.22. The second kappa shape index (κ2) is 6.62. The van der Waals surface area contributed by atoms with Crippen LogP contribution < -0.4 is 5.32 Å². The Balaban J connectivity index is 2.08. The van der Waals surface area contributed by atoms with E-state index in [1.165, 1.54) is 36.9 Å². The summed E-state index contributed by atoms with van der Waals surface area (Å²) in [5.41, 5.74) is 2.85. The van der Waals surface area contributed by atoms with Crippen molar-refractivity contribution in [1.29, 1.82) is 0 Å². The fraction of sp³-hybridized carbons (Fsp3) is 0.667. The van der Waals surface area contributed by atoms with E-state index in [-0.39, 0.29) is 0 Å². The minimum Gasteiger partial charge on any atom is -0.382 e. The van der Waals surface area contributed by atoms with Gasteiger partial charge in [0.05, 0.1) is 6.61 Å². The summed E-state index contributed by atoms with van der Waals surface area (Å²) in [6, 6.07) is 9.23. The first-order valence-corrected chi connectivity index (χ1v) is 7.85. The second-order valence-corrected chi connectivity index (χ2v) is 7.14. The quantitative estimate of drug-likeness (QED) is 0.848. The van der Waals surface area contributed by atoms with Gasteiger partial charge < -0.3 is 10.1 Å². The maximum absolute atomic E-state index is 5.22. The number of hydrogen-bond acceptors (Lipinski definition) is 2. The molecule has 0 amide bonds. The van der Waals surface area contributed by atoms with Crippen molar-refractivity contribution in [2.24, 2.45) is 11.3 Å². The summed E-state index contributed by atoms with van der Waals surface area (Å²) in [7, 11) is 1.75. The Kier molecular flexibility index (Phi) is 5.09. The van der Waals surface area contributed by atoms with Crippen LogP contribution in [0.25, 0.3) is 0 Å². The summed E-state index contributed by atoms with van der Waals surface area (Å²) in [6.07, 6.45) is 5.36. The molecule has 1 saturated carbocycles. The van der Waals surface area contributed by atoms with E-state index in [1.807, 2.05) is 0 Å². The third kappa shape index (κ3) is 3.99. The van der Waals surface area contributed by atoms with Gasteiger partial charge in [0, 0.05) is 18.8 Å². The lowest BCUT2D eigenvalue weighted by Crippen LogP contribution is -2.39. The molecular weight excluding hydrogens is 246 g/mol. The molecular formula is C18H29NO. The number of rotatable bonds is 4. The van der Waals surface area contributed by atoms with Crippen molar-refractivity contribution >= 4 is 5.69 Å². The molecule has 1 aliphatic rings. The van der Waals surface area contributed by atoms with E-state index in [9.17, 15) is 0 Å². The van der Waals surface area contributed by atoms with Gasteiger partial charge in [-0.15, -0.1) is 0 Å². The van der Waals surface area contributed by atoms with Crippen LogP contribution in [0.5, 0.6) is 0 Å². The highest BCUT2D eigenvalue weighted by atomic mass is 16.5. The Morgan fingerprint density at radius 1 is 1.20 bits per heavy atom. The number of benzene rings is 1. The van der Waals surface area contributed by atoms with Gasteiger partial charge in [-0.1, -0.05) is 45.7 Å². The number of anilines is 1. The van der Waals surface area contributed by atoms with Gasteiger partial charge in [-0.25, -0.2) is 0 Å². The van der Waals surface area contributed by atoms with E-state index in [0.717, 1.165) is 5.92 Å². The van der Waals surface area contributed by atoms with Crippen LogP contribution in [0, 0.1) is 11.3 Å².